The van der Waals surface area contributed by atoms with Crippen LogP contribution in [0.2, 0.25) is 0 Å². The van der Waals surface area contributed by atoms with Crippen molar-refractivity contribution in [3.63, 3.8) is 0 Å². The minimum absolute atomic E-state index is 0.159. The van der Waals surface area contributed by atoms with Crippen molar-refractivity contribution in [2.75, 3.05) is 33.2 Å². The van der Waals surface area contributed by atoms with E-state index in [0.717, 1.165) is 57.8 Å². The van der Waals surface area contributed by atoms with Crippen LogP contribution in [0, 0.1) is 11.3 Å². The monoisotopic (exact) mass is 281 g/mol. The Labute approximate surface area is 123 Å². The standard InChI is InChI=1S/C16H31N3O/c1-16(2,3)13-5-11-19(12-6-13)15(20)17-14-7-9-18(4)10-8-14/h13-14H,5-12H2,1-4H3,(H,17,20). The van der Waals surface area contributed by atoms with E-state index in [1.165, 1.54) is 0 Å². The van der Waals surface area contributed by atoms with E-state index >= 15 is 0 Å². The number of amides is 2. The topological polar surface area (TPSA) is 35.6 Å². The molecular formula is C16H31N3O. The highest BCUT2D eigenvalue weighted by atomic mass is 16.2. The van der Waals surface area contributed by atoms with Crippen LogP contribution in [-0.4, -0.2) is 55.1 Å². The minimum atomic E-state index is 0.159. The molecule has 2 rings (SSSR count). The van der Waals surface area contributed by atoms with Gasteiger partial charge in [0.25, 0.3) is 0 Å². The van der Waals surface area contributed by atoms with Crippen LogP contribution in [0.1, 0.15) is 46.5 Å². The summed E-state index contributed by atoms with van der Waals surface area (Å²) in [4.78, 5) is 16.7. The van der Waals surface area contributed by atoms with Crippen LogP contribution in [0.25, 0.3) is 0 Å². The molecule has 116 valence electrons. The van der Waals surface area contributed by atoms with Crippen molar-refractivity contribution in [3.05, 3.63) is 0 Å². The van der Waals surface area contributed by atoms with Crippen molar-refractivity contribution in [2.45, 2.75) is 52.5 Å². The van der Waals surface area contributed by atoms with Crippen LogP contribution >= 0.6 is 0 Å². The zero-order valence-corrected chi connectivity index (χ0v) is 13.6. The van der Waals surface area contributed by atoms with Gasteiger partial charge in [-0.15, -0.1) is 0 Å². The Bertz CT molecular complexity index is 321. The van der Waals surface area contributed by atoms with Gasteiger partial charge in [-0.25, -0.2) is 4.79 Å². The molecule has 2 saturated heterocycles. The Kier molecular flexibility index (Phi) is 4.95. The van der Waals surface area contributed by atoms with Gasteiger partial charge in [-0.3, -0.25) is 0 Å². The number of carbonyl (C=O) groups is 1. The van der Waals surface area contributed by atoms with E-state index in [0.29, 0.717) is 11.5 Å². The Balaban J connectivity index is 1.75. The quantitative estimate of drug-likeness (QED) is 0.802. The molecule has 0 aromatic heterocycles. The summed E-state index contributed by atoms with van der Waals surface area (Å²) in [6.07, 6.45) is 4.45. The zero-order valence-electron chi connectivity index (χ0n) is 13.6. The number of nitrogens with one attached hydrogen (secondary N) is 1. The second kappa shape index (κ2) is 6.33. The summed E-state index contributed by atoms with van der Waals surface area (Å²) in [6, 6.07) is 0.533. The third-order valence-corrected chi connectivity index (χ3v) is 5.05. The first kappa shape index (κ1) is 15.6. The number of hydrogen-bond acceptors (Lipinski definition) is 2. The molecule has 1 N–H and O–H groups in total. The second-order valence-electron chi connectivity index (χ2n) is 7.65. The Morgan fingerprint density at radius 2 is 1.55 bits per heavy atom. The fraction of sp³-hybridized carbons (Fsp3) is 0.938. The van der Waals surface area contributed by atoms with Gasteiger partial charge in [-0.05, 0) is 57.2 Å². The molecule has 2 fully saturated rings. The van der Waals surface area contributed by atoms with E-state index in [1.54, 1.807) is 0 Å². The summed E-state index contributed by atoms with van der Waals surface area (Å²) in [5, 5.41) is 3.22. The van der Waals surface area contributed by atoms with E-state index < -0.39 is 0 Å². The lowest BCUT2D eigenvalue weighted by Crippen LogP contribution is -2.51. The van der Waals surface area contributed by atoms with E-state index in [9.17, 15) is 4.79 Å². The lowest BCUT2D eigenvalue weighted by molar-refractivity contribution is 0.118. The van der Waals surface area contributed by atoms with Gasteiger partial charge in [0, 0.05) is 19.1 Å². The van der Waals surface area contributed by atoms with Gasteiger partial charge in [0.05, 0.1) is 0 Å². The molecule has 0 atom stereocenters. The summed E-state index contributed by atoms with van der Waals surface area (Å²) in [7, 11) is 2.15. The number of hydrogen-bond donors (Lipinski definition) is 1. The number of nitrogens with zero attached hydrogens (tertiary/aromatic N) is 2. The van der Waals surface area contributed by atoms with Crippen molar-refractivity contribution < 1.29 is 4.79 Å². The average molecular weight is 281 g/mol. The maximum absolute atomic E-state index is 12.3. The Hall–Kier alpha value is -0.770. The molecule has 20 heavy (non-hydrogen) atoms. The minimum Gasteiger partial charge on any atom is -0.335 e. The van der Waals surface area contributed by atoms with Gasteiger partial charge >= 0.3 is 6.03 Å². The van der Waals surface area contributed by atoms with Crippen molar-refractivity contribution in [1.29, 1.82) is 0 Å². The number of rotatable bonds is 1. The van der Waals surface area contributed by atoms with Crippen molar-refractivity contribution in [3.8, 4) is 0 Å². The van der Waals surface area contributed by atoms with Gasteiger partial charge in [0.2, 0.25) is 0 Å². The smallest absolute Gasteiger partial charge is 0.317 e. The van der Waals surface area contributed by atoms with Crippen LogP contribution in [-0.2, 0) is 0 Å². The normalized spacial score (nSPS) is 23.9. The summed E-state index contributed by atoms with van der Waals surface area (Å²) in [5.41, 5.74) is 0.372. The summed E-state index contributed by atoms with van der Waals surface area (Å²) in [6.45, 7) is 11.0. The molecule has 0 aromatic carbocycles. The Morgan fingerprint density at radius 3 is 2.05 bits per heavy atom. The fourth-order valence-corrected chi connectivity index (χ4v) is 3.37. The van der Waals surface area contributed by atoms with E-state index in [1.807, 2.05) is 4.90 Å². The first-order valence-electron chi connectivity index (χ1n) is 8.10. The molecule has 4 nitrogen and oxygen atoms in total. The first-order valence-corrected chi connectivity index (χ1v) is 8.10. The third-order valence-electron chi connectivity index (χ3n) is 5.05. The fourth-order valence-electron chi connectivity index (χ4n) is 3.37. The average Bonchev–Trinajstić information content (AvgIpc) is 2.40. The van der Waals surface area contributed by atoms with Crippen molar-refractivity contribution >= 4 is 6.03 Å². The van der Waals surface area contributed by atoms with Crippen LogP contribution in [0.4, 0.5) is 4.79 Å². The first-order chi connectivity index (χ1) is 9.36. The lowest BCUT2D eigenvalue weighted by Gasteiger charge is -2.39. The molecule has 4 heteroatoms. The van der Waals surface area contributed by atoms with Gasteiger partial charge in [-0.1, -0.05) is 20.8 Å². The molecule has 0 aliphatic carbocycles. The van der Waals surface area contributed by atoms with E-state index in [4.69, 9.17) is 0 Å². The number of piperidine rings is 2. The molecule has 2 heterocycles. The maximum atomic E-state index is 12.3. The molecule has 0 saturated carbocycles. The molecule has 0 aromatic rings. The van der Waals surface area contributed by atoms with Gasteiger partial charge in [-0.2, -0.15) is 0 Å². The highest BCUT2D eigenvalue weighted by molar-refractivity contribution is 5.74. The molecule has 2 amide bonds. The summed E-state index contributed by atoms with van der Waals surface area (Å²) < 4.78 is 0. The van der Waals surface area contributed by atoms with Crippen molar-refractivity contribution in [2.24, 2.45) is 11.3 Å². The molecular weight excluding hydrogens is 250 g/mol. The predicted octanol–water partition coefficient (Wildman–Crippen LogP) is 2.55. The molecule has 2 aliphatic heterocycles. The van der Waals surface area contributed by atoms with Crippen LogP contribution in [0.15, 0.2) is 0 Å². The molecule has 2 aliphatic rings. The maximum Gasteiger partial charge on any atom is 0.317 e. The largest absolute Gasteiger partial charge is 0.335 e. The molecule has 0 bridgehead atoms. The van der Waals surface area contributed by atoms with Gasteiger partial charge in [0.1, 0.15) is 0 Å². The zero-order chi connectivity index (χ0) is 14.8. The molecule has 0 radical (unpaired) electrons. The third kappa shape index (κ3) is 4.11. The van der Waals surface area contributed by atoms with E-state index in [-0.39, 0.29) is 6.03 Å². The SMILES string of the molecule is CN1CCC(NC(=O)N2CCC(C(C)(C)C)CC2)CC1. The number of carbonyl (C=O) groups excluding carboxylic acids is 1. The van der Waals surface area contributed by atoms with Gasteiger partial charge < -0.3 is 15.1 Å². The van der Waals surface area contributed by atoms with Crippen LogP contribution in [0.5, 0.6) is 0 Å². The van der Waals surface area contributed by atoms with Crippen LogP contribution < -0.4 is 5.32 Å². The number of urea groups is 1. The number of likely N-dealkylation sites (tertiary alicyclic amines) is 2. The lowest BCUT2D eigenvalue weighted by atomic mass is 9.75. The summed E-state index contributed by atoms with van der Waals surface area (Å²) in [5.74, 6) is 0.745. The predicted molar refractivity (Wildman–Crippen MR) is 82.8 cm³/mol. The van der Waals surface area contributed by atoms with Crippen molar-refractivity contribution in [1.82, 2.24) is 15.1 Å². The second-order valence-corrected chi connectivity index (χ2v) is 7.65. The Morgan fingerprint density at radius 1 is 1.00 bits per heavy atom. The molecule has 0 unspecified atom stereocenters. The molecule has 0 spiro atoms. The van der Waals surface area contributed by atoms with Gasteiger partial charge in [0.15, 0.2) is 0 Å². The van der Waals surface area contributed by atoms with Crippen LogP contribution in [0.3, 0.4) is 0 Å². The van der Waals surface area contributed by atoms with E-state index in [2.05, 4.69) is 38.0 Å². The highest BCUT2D eigenvalue weighted by Gasteiger charge is 2.31. The highest BCUT2D eigenvalue weighted by Crippen LogP contribution is 2.34. The summed E-state index contributed by atoms with van der Waals surface area (Å²) >= 11 is 0.